The zero-order valence-corrected chi connectivity index (χ0v) is 17.8. The number of aromatic nitrogens is 1. The average molecular weight is 433 g/mol. The van der Waals surface area contributed by atoms with E-state index < -0.39 is 5.97 Å². The molecule has 8 heteroatoms. The highest BCUT2D eigenvalue weighted by Crippen LogP contribution is 2.29. The van der Waals surface area contributed by atoms with Crippen LogP contribution >= 0.6 is 0 Å². The summed E-state index contributed by atoms with van der Waals surface area (Å²) in [6, 6.07) is 14.9. The van der Waals surface area contributed by atoms with Crippen LogP contribution in [0.15, 0.2) is 72.1 Å². The summed E-state index contributed by atoms with van der Waals surface area (Å²) < 4.78 is 16.5. The highest BCUT2D eigenvalue weighted by atomic mass is 16.6. The standard InChI is InChI=1S/C24H23N3O5/c1-3-30-20-8-6-19(7-9-20)24(29)32-21-10-5-17(15-22(21)31-4-2)16-26-27-23(28)18-11-13-25-14-12-18/h5-16H,3-4H2,1-2H3,(H,27,28)/b26-16-. The Labute approximate surface area is 185 Å². The van der Waals surface area contributed by atoms with E-state index in [0.29, 0.717) is 41.4 Å². The van der Waals surface area contributed by atoms with Crippen LogP contribution in [0.4, 0.5) is 0 Å². The molecule has 164 valence electrons. The van der Waals surface area contributed by atoms with E-state index in [0.717, 1.165) is 0 Å². The minimum absolute atomic E-state index is 0.281. The summed E-state index contributed by atoms with van der Waals surface area (Å²) in [6.07, 6.45) is 4.53. The second-order valence-corrected chi connectivity index (χ2v) is 6.42. The second kappa shape index (κ2) is 11.3. The number of pyridine rings is 1. The molecule has 3 aromatic rings. The van der Waals surface area contributed by atoms with E-state index in [2.05, 4.69) is 15.5 Å². The molecule has 3 rings (SSSR count). The highest BCUT2D eigenvalue weighted by molar-refractivity contribution is 5.95. The molecule has 0 spiro atoms. The van der Waals surface area contributed by atoms with Gasteiger partial charge in [-0.25, -0.2) is 10.2 Å². The van der Waals surface area contributed by atoms with Crippen molar-refractivity contribution in [3.8, 4) is 17.2 Å². The molecule has 0 atom stereocenters. The maximum atomic E-state index is 12.5. The molecule has 0 aliphatic heterocycles. The van der Waals surface area contributed by atoms with E-state index in [1.54, 1.807) is 54.6 Å². The fraction of sp³-hybridized carbons (Fsp3) is 0.167. The zero-order valence-electron chi connectivity index (χ0n) is 17.8. The maximum Gasteiger partial charge on any atom is 0.343 e. The number of hydrogen-bond acceptors (Lipinski definition) is 7. The number of carbonyl (C=O) groups is 2. The predicted molar refractivity (Wildman–Crippen MR) is 119 cm³/mol. The third-order valence-electron chi connectivity index (χ3n) is 4.19. The van der Waals surface area contributed by atoms with Gasteiger partial charge in [-0.05, 0) is 74.0 Å². The first kappa shape index (κ1) is 22.5. The number of amides is 1. The number of benzene rings is 2. The van der Waals surface area contributed by atoms with Crippen LogP contribution in [0.1, 0.15) is 40.1 Å². The van der Waals surface area contributed by atoms with Crippen molar-refractivity contribution < 1.29 is 23.8 Å². The van der Waals surface area contributed by atoms with Crippen molar-refractivity contribution in [2.24, 2.45) is 5.10 Å². The van der Waals surface area contributed by atoms with Gasteiger partial charge in [0.05, 0.1) is 25.0 Å². The van der Waals surface area contributed by atoms with Crippen molar-refractivity contribution in [3.63, 3.8) is 0 Å². The molecule has 0 bridgehead atoms. The van der Waals surface area contributed by atoms with Crippen LogP contribution in [0.25, 0.3) is 0 Å². The molecular formula is C24H23N3O5. The fourth-order valence-electron chi connectivity index (χ4n) is 2.70. The largest absolute Gasteiger partial charge is 0.494 e. The third kappa shape index (κ3) is 6.15. The molecule has 1 N–H and O–H groups in total. The van der Waals surface area contributed by atoms with E-state index >= 15 is 0 Å². The van der Waals surface area contributed by atoms with Crippen molar-refractivity contribution in [1.82, 2.24) is 10.4 Å². The Hall–Kier alpha value is -4.20. The summed E-state index contributed by atoms with van der Waals surface area (Å²) in [4.78, 5) is 28.4. The van der Waals surface area contributed by atoms with Crippen molar-refractivity contribution in [1.29, 1.82) is 0 Å². The number of hydrazone groups is 1. The predicted octanol–water partition coefficient (Wildman–Crippen LogP) is 3.86. The molecule has 1 aromatic heterocycles. The molecule has 1 amide bonds. The summed E-state index contributed by atoms with van der Waals surface area (Å²) in [6.45, 7) is 4.64. The lowest BCUT2D eigenvalue weighted by molar-refractivity contribution is 0.0728. The van der Waals surface area contributed by atoms with Crippen molar-refractivity contribution >= 4 is 18.1 Å². The summed E-state index contributed by atoms with van der Waals surface area (Å²) in [5.41, 5.74) is 3.94. The minimum atomic E-state index is -0.514. The molecule has 1 heterocycles. The molecule has 8 nitrogen and oxygen atoms in total. The van der Waals surface area contributed by atoms with Gasteiger partial charge in [0, 0.05) is 18.0 Å². The lowest BCUT2D eigenvalue weighted by Gasteiger charge is -2.11. The number of ether oxygens (including phenoxy) is 3. The first-order valence-electron chi connectivity index (χ1n) is 10.1. The van der Waals surface area contributed by atoms with Crippen LogP contribution in [-0.2, 0) is 0 Å². The van der Waals surface area contributed by atoms with Gasteiger partial charge in [-0.15, -0.1) is 0 Å². The van der Waals surface area contributed by atoms with Gasteiger partial charge in [-0.1, -0.05) is 0 Å². The number of hydrogen-bond donors (Lipinski definition) is 1. The van der Waals surface area contributed by atoms with Gasteiger partial charge in [-0.2, -0.15) is 5.10 Å². The van der Waals surface area contributed by atoms with E-state index in [9.17, 15) is 9.59 Å². The Morgan fingerprint density at radius 2 is 1.62 bits per heavy atom. The van der Waals surface area contributed by atoms with Gasteiger partial charge < -0.3 is 14.2 Å². The Morgan fingerprint density at radius 1 is 0.906 bits per heavy atom. The Balaban J connectivity index is 1.68. The molecule has 0 unspecified atom stereocenters. The summed E-state index contributed by atoms with van der Waals surface area (Å²) >= 11 is 0. The normalized spacial score (nSPS) is 10.6. The zero-order chi connectivity index (χ0) is 22.8. The van der Waals surface area contributed by atoms with Gasteiger partial charge in [0.2, 0.25) is 0 Å². The minimum Gasteiger partial charge on any atom is -0.494 e. The van der Waals surface area contributed by atoms with Gasteiger partial charge in [0.25, 0.3) is 5.91 Å². The Kier molecular flexibility index (Phi) is 7.91. The molecule has 0 saturated carbocycles. The number of carbonyl (C=O) groups excluding carboxylic acids is 2. The highest BCUT2D eigenvalue weighted by Gasteiger charge is 2.13. The molecule has 0 saturated heterocycles. The quantitative estimate of drug-likeness (QED) is 0.238. The van der Waals surface area contributed by atoms with E-state index in [1.165, 1.54) is 18.6 Å². The first-order valence-corrected chi connectivity index (χ1v) is 10.1. The molecule has 0 fully saturated rings. The van der Waals surface area contributed by atoms with Gasteiger partial charge >= 0.3 is 5.97 Å². The number of esters is 1. The first-order chi connectivity index (χ1) is 15.6. The van der Waals surface area contributed by atoms with Crippen molar-refractivity contribution in [2.75, 3.05) is 13.2 Å². The van der Waals surface area contributed by atoms with Crippen molar-refractivity contribution in [3.05, 3.63) is 83.7 Å². The van der Waals surface area contributed by atoms with Crippen LogP contribution < -0.4 is 19.6 Å². The van der Waals surface area contributed by atoms with Crippen LogP contribution in [-0.4, -0.2) is 36.3 Å². The summed E-state index contributed by atoms with van der Waals surface area (Å²) in [5.74, 6) is 0.480. The number of nitrogens with one attached hydrogen (secondary N) is 1. The van der Waals surface area contributed by atoms with Crippen molar-refractivity contribution in [2.45, 2.75) is 13.8 Å². The van der Waals surface area contributed by atoms with Crippen LogP contribution in [0, 0.1) is 0 Å². The topological polar surface area (TPSA) is 99.1 Å². The van der Waals surface area contributed by atoms with E-state index in [-0.39, 0.29) is 11.7 Å². The molecule has 0 radical (unpaired) electrons. The average Bonchev–Trinajstić information content (AvgIpc) is 2.82. The SMILES string of the molecule is CCOc1ccc(C(=O)Oc2ccc(/C=N\NC(=O)c3ccncc3)cc2OCC)cc1. The second-order valence-electron chi connectivity index (χ2n) is 6.42. The third-order valence-corrected chi connectivity index (χ3v) is 4.19. The lowest BCUT2D eigenvalue weighted by Crippen LogP contribution is -2.17. The van der Waals surface area contributed by atoms with Crippen LogP contribution in [0.3, 0.4) is 0 Å². The molecular weight excluding hydrogens is 410 g/mol. The van der Waals surface area contributed by atoms with Gasteiger partial charge in [0.1, 0.15) is 5.75 Å². The molecule has 0 aliphatic rings. The summed E-state index contributed by atoms with van der Waals surface area (Å²) in [7, 11) is 0. The fourth-order valence-corrected chi connectivity index (χ4v) is 2.70. The Bertz CT molecular complexity index is 1080. The van der Waals surface area contributed by atoms with Gasteiger partial charge in [0.15, 0.2) is 11.5 Å². The molecule has 32 heavy (non-hydrogen) atoms. The van der Waals surface area contributed by atoms with E-state index in [4.69, 9.17) is 14.2 Å². The number of rotatable bonds is 9. The van der Waals surface area contributed by atoms with Crippen LogP contribution in [0.2, 0.25) is 0 Å². The van der Waals surface area contributed by atoms with Gasteiger partial charge in [-0.3, -0.25) is 9.78 Å². The smallest absolute Gasteiger partial charge is 0.343 e. The van der Waals surface area contributed by atoms with E-state index in [1.807, 2.05) is 13.8 Å². The summed E-state index contributed by atoms with van der Waals surface area (Å²) in [5, 5.41) is 3.96. The monoisotopic (exact) mass is 433 g/mol. The number of nitrogens with zero attached hydrogens (tertiary/aromatic N) is 2. The molecule has 2 aromatic carbocycles. The lowest BCUT2D eigenvalue weighted by atomic mass is 10.2. The molecule has 0 aliphatic carbocycles. The maximum absolute atomic E-state index is 12.5. The van der Waals surface area contributed by atoms with Crippen LogP contribution in [0.5, 0.6) is 17.2 Å². The Morgan fingerprint density at radius 3 is 2.31 bits per heavy atom.